The predicted molar refractivity (Wildman–Crippen MR) is 79.1 cm³/mol. The highest BCUT2D eigenvalue weighted by Gasteiger charge is 2.27. The lowest BCUT2D eigenvalue weighted by atomic mass is 10.1. The van der Waals surface area contributed by atoms with Crippen molar-refractivity contribution in [3.8, 4) is 0 Å². The minimum atomic E-state index is 0.341. The van der Waals surface area contributed by atoms with Crippen LogP contribution in [0.4, 0.5) is 5.82 Å². The average molecular weight is 280 g/mol. The molecule has 1 fully saturated rings. The lowest BCUT2D eigenvalue weighted by Crippen LogP contribution is -2.24. The molecule has 21 heavy (non-hydrogen) atoms. The van der Waals surface area contributed by atoms with Crippen LogP contribution in [0.15, 0.2) is 36.7 Å². The Labute approximate surface area is 122 Å². The van der Waals surface area contributed by atoms with E-state index in [4.69, 9.17) is 0 Å². The van der Waals surface area contributed by atoms with Gasteiger partial charge in [0.2, 0.25) is 0 Å². The molecule has 6 heteroatoms. The maximum absolute atomic E-state index is 4.60. The van der Waals surface area contributed by atoms with Gasteiger partial charge in [-0.05, 0) is 43.5 Å². The Balaban J connectivity index is 1.72. The van der Waals surface area contributed by atoms with Crippen molar-refractivity contribution in [3.05, 3.63) is 48.0 Å². The van der Waals surface area contributed by atoms with Crippen LogP contribution < -0.4 is 4.90 Å². The molecule has 3 aromatic heterocycles. The normalized spacial score (nSPS) is 18.5. The number of rotatable bonds is 2. The van der Waals surface area contributed by atoms with Gasteiger partial charge in [-0.3, -0.25) is 4.98 Å². The fraction of sp³-hybridized carbons (Fsp3) is 0.333. The summed E-state index contributed by atoms with van der Waals surface area (Å²) in [5.41, 5.74) is 2.03. The molecule has 0 N–H and O–H groups in total. The number of fused-ring (bicyclic) bond motifs is 1. The Hall–Kier alpha value is -2.50. The first-order valence-electron chi connectivity index (χ1n) is 7.18. The van der Waals surface area contributed by atoms with E-state index in [9.17, 15) is 0 Å². The second-order valence-corrected chi connectivity index (χ2v) is 5.34. The fourth-order valence-electron chi connectivity index (χ4n) is 2.99. The van der Waals surface area contributed by atoms with Gasteiger partial charge in [0.15, 0.2) is 11.5 Å². The summed E-state index contributed by atoms with van der Waals surface area (Å²) in [6.07, 6.45) is 6.05. The van der Waals surface area contributed by atoms with Crippen molar-refractivity contribution in [1.82, 2.24) is 24.8 Å². The Kier molecular flexibility index (Phi) is 2.80. The summed E-state index contributed by atoms with van der Waals surface area (Å²) in [7, 11) is 0. The zero-order valence-electron chi connectivity index (χ0n) is 11.8. The van der Waals surface area contributed by atoms with E-state index in [1.54, 1.807) is 4.63 Å². The summed E-state index contributed by atoms with van der Waals surface area (Å²) in [4.78, 5) is 10.9. The third kappa shape index (κ3) is 2.12. The Morgan fingerprint density at radius 1 is 1.19 bits per heavy atom. The van der Waals surface area contributed by atoms with E-state index in [0.717, 1.165) is 36.7 Å². The minimum Gasteiger partial charge on any atom is -0.348 e. The summed E-state index contributed by atoms with van der Waals surface area (Å²) in [5.74, 6) is 1.68. The summed E-state index contributed by atoms with van der Waals surface area (Å²) in [6.45, 7) is 2.88. The zero-order chi connectivity index (χ0) is 14.2. The smallest absolute Gasteiger partial charge is 0.176 e. The quantitative estimate of drug-likeness (QED) is 0.720. The molecule has 0 saturated carbocycles. The first-order chi connectivity index (χ1) is 10.3. The highest BCUT2D eigenvalue weighted by molar-refractivity contribution is 5.48. The van der Waals surface area contributed by atoms with Gasteiger partial charge in [-0.2, -0.15) is 0 Å². The molecule has 0 radical (unpaired) electrons. The third-order valence-corrected chi connectivity index (χ3v) is 3.92. The molecule has 0 aliphatic carbocycles. The molecule has 4 heterocycles. The van der Waals surface area contributed by atoms with Crippen molar-refractivity contribution in [2.24, 2.45) is 0 Å². The molecule has 0 aromatic carbocycles. The van der Waals surface area contributed by atoms with Gasteiger partial charge in [-0.25, -0.2) is 4.98 Å². The lowest BCUT2D eigenvalue weighted by Gasteiger charge is -2.25. The number of hydrogen-bond acceptors (Lipinski definition) is 5. The number of anilines is 1. The van der Waals surface area contributed by atoms with E-state index in [1.807, 2.05) is 37.5 Å². The van der Waals surface area contributed by atoms with Crippen molar-refractivity contribution in [2.45, 2.75) is 25.8 Å². The van der Waals surface area contributed by atoms with Crippen molar-refractivity contribution in [3.63, 3.8) is 0 Å². The van der Waals surface area contributed by atoms with Crippen LogP contribution in [-0.2, 0) is 0 Å². The van der Waals surface area contributed by atoms with Crippen molar-refractivity contribution < 1.29 is 0 Å². The van der Waals surface area contributed by atoms with Gasteiger partial charge in [0.1, 0.15) is 5.82 Å². The standard InChI is InChI=1S/C15H16N6/c1-11-17-14-6-7-15(19-21(14)18-11)20-9-3-5-13(20)12-4-2-8-16-10-12/h2,4,6-8,10,13H,3,5,9H2,1H3. The highest BCUT2D eigenvalue weighted by Crippen LogP contribution is 2.34. The number of pyridine rings is 1. The molecule has 106 valence electrons. The molecule has 1 aliphatic rings. The second-order valence-electron chi connectivity index (χ2n) is 5.34. The Morgan fingerprint density at radius 3 is 3.00 bits per heavy atom. The van der Waals surface area contributed by atoms with Crippen molar-refractivity contribution in [2.75, 3.05) is 11.4 Å². The minimum absolute atomic E-state index is 0.341. The van der Waals surface area contributed by atoms with Gasteiger partial charge < -0.3 is 4.90 Å². The van der Waals surface area contributed by atoms with E-state index in [2.05, 4.69) is 31.1 Å². The summed E-state index contributed by atoms with van der Waals surface area (Å²) in [6, 6.07) is 8.46. The third-order valence-electron chi connectivity index (χ3n) is 3.92. The van der Waals surface area contributed by atoms with Crippen LogP contribution in [0.5, 0.6) is 0 Å². The number of aryl methyl sites for hydroxylation is 1. The molecule has 0 amide bonds. The Morgan fingerprint density at radius 2 is 2.14 bits per heavy atom. The number of hydrogen-bond donors (Lipinski definition) is 0. The van der Waals surface area contributed by atoms with E-state index >= 15 is 0 Å². The molecule has 4 rings (SSSR count). The Bertz CT molecular complexity index is 766. The van der Waals surface area contributed by atoms with Crippen molar-refractivity contribution >= 4 is 11.5 Å². The lowest BCUT2D eigenvalue weighted by molar-refractivity contribution is 0.687. The highest BCUT2D eigenvalue weighted by atomic mass is 15.5. The predicted octanol–water partition coefficient (Wildman–Crippen LogP) is 2.17. The van der Waals surface area contributed by atoms with Crippen LogP contribution >= 0.6 is 0 Å². The number of nitrogens with zero attached hydrogens (tertiary/aromatic N) is 6. The van der Waals surface area contributed by atoms with Crippen LogP contribution in [0.25, 0.3) is 5.65 Å². The van der Waals surface area contributed by atoms with Gasteiger partial charge in [-0.15, -0.1) is 14.8 Å². The molecular formula is C15H16N6. The largest absolute Gasteiger partial charge is 0.348 e. The first-order valence-corrected chi connectivity index (χ1v) is 7.18. The van der Waals surface area contributed by atoms with E-state index in [0.29, 0.717) is 6.04 Å². The van der Waals surface area contributed by atoms with E-state index in [1.165, 1.54) is 5.56 Å². The van der Waals surface area contributed by atoms with Crippen LogP contribution in [0.2, 0.25) is 0 Å². The van der Waals surface area contributed by atoms with Gasteiger partial charge in [0.25, 0.3) is 0 Å². The van der Waals surface area contributed by atoms with Gasteiger partial charge in [-0.1, -0.05) is 6.07 Å². The molecule has 0 spiro atoms. The second kappa shape index (κ2) is 4.80. The average Bonchev–Trinajstić information content (AvgIpc) is 3.12. The molecule has 1 aliphatic heterocycles. The topological polar surface area (TPSA) is 59.2 Å². The maximum atomic E-state index is 4.60. The van der Waals surface area contributed by atoms with Crippen molar-refractivity contribution in [1.29, 1.82) is 0 Å². The number of aromatic nitrogens is 5. The van der Waals surface area contributed by atoms with Gasteiger partial charge >= 0.3 is 0 Å². The molecule has 1 unspecified atom stereocenters. The molecule has 6 nitrogen and oxygen atoms in total. The molecule has 3 aromatic rings. The van der Waals surface area contributed by atoms with Gasteiger partial charge in [0, 0.05) is 18.9 Å². The van der Waals surface area contributed by atoms with Crippen LogP contribution in [0, 0.1) is 6.92 Å². The van der Waals surface area contributed by atoms with E-state index in [-0.39, 0.29) is 0 Å². The van der Waals surface area contributed by atoms with Crippen LogP contribution in [0.3, 0.4) is 0 Å². The maximum Gasteiger partial charge on any atom is 0.176 e. The zero-order valence-corrected chi connectivity index (χ0v) is 11.8. The molecule has 1 saturated heterocycles. The summed E-state index contributed by atoms with van der Waals surface area (Å²) in [5, 5.41) is 8.90. The monoisotopic (exact) mass is 280 g/mol. The molecule has 0 bridgehead atoms. The van der Waals surface area contributed by atoms with Gasteiger partial charge in [0.05, 0.1) is 6.04 Å². The van der Waals surface area contributed by atoms with E-state index < -0.39 is 0 Å². The summed E-state index contributed by atoms with van der Waals surface area (Å²) < 4.78 is 1.61. The first kappa shape index (κ1) is 12.3. The summed E-state index contributed by atoms with van der Waals surface area (Å²) >= 11 is 0. The molecule has 1 atom stereocenters. The molecular weight excluding hydrogens is 264 g/mol. The van der Waals surface area contributed by atoms with Crippen LogP contribution in [-0.4, -0.2) is 31.3 Å². The SMILES string of the molecule is Cc1nc2ccc(N3CCCC3c3cccnc3)nn2n1. The van der Waals surface area contributed by atoms with Crippen LogP contribution in [0.1, 0.15) is 30.3 Å². The fourth-order valence-corrected chi connectivity index (χ4v) is 2.99.